The van der Waals surface area contributed by atoms with E-state index < -0.39 is 15.9 Å². The average molecular weight is 460 g/mol. The van der Waals surface area contributed by atoms with Gasteiger partial charge in [0.05, 0.1) is 5.02 Å². The van der Waals surface area contributed by atoms with E-state index in [1.54, 1.807) is 19.9 Å². The third-order valence-corrected chi connectivity index (χ3v) is 6.99. The highest BCUT2D eigenvalue weighted by Gasteiger charge is 2.25. The highest BCUT2D eigenvalue weighted by Crippen LogP contribution is 2.27. The van der Waals surface area contributed by atoms with Gasteiger partial charge in [0.25, 0.3) is 5.91 Å². The molecule has 0 saturated carbocycles. The molecule has 0 aliphatic carbocycles. The molecule has 5 nitrogen and oxygen atoms in total. The molecule has 0 unspecified atom stereocenters. The Bertz CT molecular complexity index is 928. The van der Waals surface area contributed by atoms with Gasteiger partial charge in [0.1, 0.15) is 4.90 Å². The fourth-order valence-electron chi connectivity index (χ4n) is 2.47. The minimum Gasteiger partial charge on any atom is -0.322 e. The summed E-state index contributed by atoms with van der Waals surface area (Å²) in [5.41, 5.74) is 1.76. The van der Waals surface area contributed by atoms with E-state index in [9.17, 15) is 13.2 Å². The van der Waals surface area contributed by atoms with Gasteiger partial charge in [-0.25, -0.2) is 8.42 Å². The van der Waals surface area contributed by atoms with Crippen LogP contribution in [0.2, 0.25) is 5.02 Å². The summed E-state index contributed by atoms with van der Waals surface area (Å²) in [6.07, 6.45) is 0. The van der Waals surface area contributed by atoms with Crippen LogP contribution in [-0.4, -0.2) is 31.7 Å². The smallest absolute Gasteiger partial charge is 0.255 e. The molecule has 8 heteroatoms. The second kappa shape index (κ2) is 8.52. The topological polar surface area (TPSA) is 66.5 Å². The molecular formula is C18H20BrClN2O3S. The normalized spacial score (nSPS) is 11.6. The first-order valence-corrected chi connectivity index (χ1v) is 10.7. The maximum absolute atomic E-state index is 12.8. The van der Waals surface area contributed by atoms with Gasteiger partial charge in [0, 0.05) is 28.8 Å². The van der Waals surface area contributed by atoms with Crippen LogP contribution < -0.4 is 5.32 Å². The number of anilines is 1. The zero-order valence-corrected chi connectivity index (χ0v) is 17.9. The third-order valence-electron chi connectivity index (χ3n) is 3.96. The summed E-state index contributed by atoms with van der Waals surface area (Å²) in [4.78, 5) is 12.5. The SMILES string of the molecule is CCN(CC)S(=O)(=O)c1cc(C(=O)Nc2cc(Br)ccc2C)ccc1Cl. The number of amides is 1. The Labute approximate surface area is 167 Å². The monoisotopic (exact) mass is 458 g/mol. The lowest BCUT2D eigenvalue weighted by molar-refractivity contribution is 0.102. The number of rotatable bonds is 6. The van der Waals surface area contributed by atoms with Crippen LogP contribution in [-0.2, 0) is 10.0 Å². The van der Waals surface area contributed by atoms with Crippen molar-refractivity contribution < 1.29 is 13.2 Å². The number of nitrogens with one attached hydrogen (secondary N) is 1. The first kappa shape index (κ1) is 20.9. The fourth-order valence-corrected chi connectivity index (χ4v) is 4.79. The summed E-state index contributed by atoms with van der Waals surface area (Å²) in [5, 5.41) is 2.89. The zero-order chi connectivity index (χ0) is 19.5. The largest absolute Gasteiger partial charge is 0.322 e. The highest BCUT2D eigenvalue weighted by molar-refractivity contribution is 9.10. The summed E-state index contributed by atoms with van der Waals surface area (Å²) in [6, 6.07) is 9.79. The van der Waals surface area contributed by atoms with Crippen molar-refractivity contribution >= 4 is 49.1 Å². The van der Waals surface area contributed by atoms with Crippen molar-refractivity contribution in [1.82, 2.24) is 4.31 Å². The molecule has 2 aromatic carbocycles. The maximum atomic E-state index is 12.8. The van der Waals surface area contributed by atoms with Gasteiger partial charge < -0.3 is 5.32 Å². The molecule has 0 aliphatic rings. The van der Waals surface area contributed by atoms with Crippen LogP contribution in [0.25, 0.3) is 0 Å². The molecule has 0 aliphatic heterocycles. The number of carbonyl (C=O) groups excluding carboxylic acids is 1. The number of hydrogen-bond donors (Lipinski definition) is 1. The Morgan fingerprint density at radius 1 is 1.15 bits per heavy atom. The minimum absolute atomic E-state index is 0.0681. The van der Waals surface area contributed by atoms with E-state index in [1.807, 2.05) is 19.1 Å². The summed E-state index contributed by atoms with van der Waals surface area (Å²) in [7, 11) is -3.76. The molecule has 0 saturated heterocycles. The molecule has 1 amide bonds. The average Bonchev–Trinajstić information content (AvgIpc) is 2.59. The fraction of sp³-hybridized carbons (Fsp3) is 0.278. The molecule has 0 atom stereocenters. The standard InChI is InChI=1S/C18H20BrClN2O3S/c1-4-22(5-2)26(24,25)17-10-13(7-9-15(17)20)18(23)21-16-11-14(19)8-6-12(16)3/h6-11H,4-5H2,1-3H3,(H,21,23). The lowest BCUT2D eigenvalue weighted by Crippen LogP contribution is -2.31. The summed E-state index contributed by atoms with van der Waals surface area (Å²) in [5.74, 6) is -0.404. The van der Waals surface area contributed by atoms with E-state index in [0.29, 0.717) is 18.8 Å². The Balaban J connectivity index is 2.40. The van der Waals surface area contributed by atoms with Crippen molar-refractivity contribution in [3.8, 4) is 0 Å². The Morgan fingerprint density at radius 2 is 1.81 bits per heavy atom. The molecular weight excluding hydrogens is 440 g/mol. The molecule has 0 fully saturated rings. The van der Waals surface area contributed by atoms with Gasteiger partial charge in [-0.15, -0.1) is 0 Å². The molecule has 0 radical (unpaired) electrons. The molecule has 0 bridgehead atoms. The van der Waals surface area contributed by atoms with E-state index in [2.05, 4.69) is 21.2 Å². The lowest BCUT2D eigenvalue weighted by Gasteiger charge is -2.19. The van der Waals surface area contributed by atoms with Gasteiger partial charge in [-0.3, -0.25) is 4.79 Å². The summed E-state index contributed by atoms with van der Waals surface area (Å²) >= 11 is 9.47. The summed E-state index contributed by atoms with van der Waals surface area (Å²) in [6.45, 7) is 6.02. The first-order chi connectivity index (χ1) is 12.2. The van der Waals surface area contributed by atoms with Gasteiger partial charge in [0.2, 0.25) is 10.0 Å². The van der Waals surface area contributed by atoms with Crippen LogP contribution in [0.1, 0.15) is 29.8 Å². The first-order valence-electron chi connectivity index (χ1n) is 8.07. The van der Waals surface area contributed by atoms with Crippen LogP contribution in [0, 0.1) is 6.92 Å². The lowest BCUT2D eigenvalue weighted by atomic mass is 10.1. The number of hydrogen-bond acceptors (Lipinski definition) is 3. The molecule has 1 N–H and O–H groups in total. The third kappa shape index (κ3) is 4.46. The van der Waals surface area contributed by atoms with Crippen LogP contribution in [0.15, 0.2) is 45.8 Å². The Hall–Kier alpha value is -1.41. The van der Waals surface area contributed by atoms with Crippen molar-refractivity contribution in [3.05, 3.63) is 57.0 Å². The zero-order valence-electron chi connectivity index (χ0n) is 14.7. The molecule has 2 rings (SSSR count). The van der Waals surface area contributed by atoms with E-state index in [1.165, 1.54) is 22.5 Å². The van der Waals surface area contributed by atoms with Crippen molar-refractivity contribution in [2.45, 2.75) is 25.7 Å². The Morgan fingerprint density at radius 3 is 2.42 bits per heavy atom. The molecule has 140 valence electrons. The number of nitrogens with zero attached hydrogens (tertiary/aromatic N) is 1. The number of aryl methyl sites for hydroxylation is 1. The van der Waals surface area contributed by atoms with Gasteiger partial charge in [-0.2, -0.15) is 4.31 Å². The maximum Gasteiger partial charge on any atom is 0.255 e. The predicted octanol–water partition coefficient (Wildman–Crippen LogP) is 4.69. The molecule has 0 spiro atoms. The molecule has 2 aromatic rings. The van der Waals surface area contributed by atoms with Crippen LogP contribution in [0.3, 0.4) is 0 Å². The number of carbonyl (C=O) groups is 1. The molecule has 0 aromatic heterocycles. The Kier molecular flexibility index (Phi) is 6.85. The highest BCUT2D eigenvalue weighted by atomic mass is 79.9. The number of halogens is 2. The van der Waals surface area contributed by atoms with E-state index >= 15 is 0 Å². The minimum atomic E-state index is -3.76. The van der Waals surface area contributed by atoms with E-state index in [4.69, 9.17) is 11.6 Å². The van der Waals surface area contributed by atoms with Crippen molar-refractivity contribution in [2.75, 3.05) is 18.4 Å². The second-order valence-corrected chi connectivity index (χ2v) is 8.88. The molecule has 26 heavy (non-hydrogen) atoms. The van der Waals surface area contributed by atoms with Gasteiger partial charge in [0.15, 0.2) is 0 Å². The van der Waals surface area contributed by atoms with Crippen LogP contribution in [0.4, 0.5) is 5.69 Å². The predicted molar refractivity (Wildman–Crippen MR) is 108 cm³/mol. The summed E-state index contributed by atoms with van der Waals surface area (Å²) < 4.78 is 27.6. The van der Waals surface area contributed by atoms with Gasteiger partial charge in [-0.05, 0) is 42.8 Å². The quantitative estimate of drug-likeness (QED) is 0.681. The van der Waals surface area contributed by atoms with Gasteiger partial charge in [-0.1, -0.05) is 47.4 Å². The number of benzene rings is 2. The van der Waals surface area contributed by atoms with Crippen LogP contribution >= 0.6 is 27.5 Å². The second-order valence-electron chi connectivity index (χ2n) is 5.65. The van der Waals surface area contributed by atoms with Crippen molar-refractivity contribution in [2.24, 2.45) is 0 Å². The van der Waals surface area contributed by atoms with E-state index in [0.717, 1.165) is 10.0 Å². The van der Waals surface area contributed by atoms with Crippen molar-refractivity contribution in [1.29, 1.82) is 0 Å². The van der Waals surface area contributed by atoms with Crippen molar-refractivity contribution in [3.63, 3.8) is 0 Å². The number of sulfonamides is 1. The molecule has 0 heterocycles. The van der Waals surface area contributed by atoms with Crippen LogP contribution in [0.5, 0.6) is 0 Å². The van der Waals surface area contributed by atoms with Gasteiger partial charge >= 0.3 is 0 Å². The van der Waals surface area contributed by atoms with E-state index in [-0.39, 0.29) is 15.5 Å².